The van der Waals surface area contributed by atoms with Gasteiger partial charge in [-0.1, -0.05) is 53.8 Å². The van der Waals surface area contributed by atoms with Gasteiger partial charge in [-0.25, -0.2) is 4.68 Å². The van der Waals surface area contributed by atoms with Crippen molar-refractivity contribution in [2.24, 2.45) is 11.8 Å². The number of ether oxygens (including phenoxy) is 1. The van der Waals surface area contributed by atoms with Crippen molar-refractivity contribution >= 4 is 28.8 Å². The van der Waals surface area contributed by atoms with Crippen LogP contribution in [0.25, 0.3) is 11.0 Å². The quantitative estimate of drug-likeness (QED) is 0.365. The molecule has 3 aromatic rings. The lowest BCUT2D eigenvalue weighted by Gasteiger charge is -2.39. The van der Waals surface area contributed by atoms with Crippen LogP contribution in [0.15, 0.2) is 67.3 Å². The fraction of sp³-hybridized carbons (Fsp3) is 0.414. The summed E-state index contributed by atoms with van der Waals surface area (Å²) in [5.41, 5.74) is 0.999. The number of aliphatic carboxylic acids is 1. The van der Waals surface area contributed by atoms with E-state index in [9.17, 15) is 24.6 Å². The Bertz CT molecular complexity index is 1460. The molecule has 2 amide bonds. The maximum absolute atomic E-state index is 14.5. The van der Waals surface area contributed by atoms with Gasteiger partial charge in [-0.05, 0) is 37.0 Å². The Balaban J connectivity index is 1.41. The minimum atomic E-state index is -1.30. The number of fused-ring (bicyclic) bond motifs is 2. The molecule has 2 unspecified atom stereocenters. The zero-order valence-electron chi connectivity index (χ0n) is 21.9. The van der Waals surface area contributed by atoms with E-state index in [1.807, 2.05) is 54.6 Å². The lowest BCUT2D eigenvalue weighted by molar-refractivity contribution is -0.154. The standard InChI is InChI=1S/C29H31N5O6/c1-2-14-32(17-33-21-11-7-6-10-20(21)30-31-33)27(37)25-29-13-12-22(40-29)23(28(38)39)24(29)26(36)34(25)19(16-35)15-18-8-4-3-5-9-18/h2-11,19,22-25,35H,1,12-17H2,(H,38,39)/t19-,22-,23+,24+,25?,29?/m1/s1. The van der Waals surface area contributed by atoms with Gasteiger partial charge in [0.15, 0.2) is 0 Å². The molecule has 2 N–H and O–H groups in total. The van der Waals surface area contributed by atoms with Gasteiger partial charge in [0.05, 0.1) is 36.1 Å². The van der Waals surface area contributed by atoms with Gasteiger partial charge in [0.2, 0.25) is 11.8 Å². The highest BCUT2D eigenvalue weighted by atomic mass is 16.5. The van der Waals surface area contributed by atoms with Crippen LogP contribution in [0.1, 0.15) is 18.4 Å². The summed E-state index contributed by atoms with van der Waals surface area (Å²) in [6, 6.07) is 14.9. The molecule has 6 rings (SSSR count). The lowest BCUT2D eigenvalue weighted by atomic mass is 9.70. The SMILES string of the molecule is C=CCN(Cn1nnc2ccccc21)C(=O)C1N([C@@H](CO)Cc2ccccc2)C(=O)[C@@H]2[C@@H](C(=O)O)[C@H]3CCC12O3. The lowest BCUT2D eigenvalue weighted by Crippen LogP contribution is -2.59. The first-order valence-electron chi connectivity index (χ1n) is 13.4. The van der Waals surface area contributed by atoms with Crippen LogP contribution in [0.5, 0.6) is 0 Å². The van der Waals surface area contributed by atoms with E-state index in [2.05, 4.69) is 16.9 Å². The molecule has 0 saturated carbocycles. The third-order valence-electron chi connectivity index (χ3n) is 8.56. The monoisotopic (exact) mass is 545 g/mol. The number of hydrogen-bond donors (Lipinski definition) is 2. The number of aliphatic hydroxyl groups is 1. The predicted octanol–water partition coefficient (Wildman–Crippen LogP) is 1.47. The van der Waals surface area contributed by atoms with Gasteiger partial charge in [0.1, 0.15) is 23.8 Å². The summed E-state index contributed by atoms with van der Waals surface area (Å²) >= 11 is 0. The largest absolute Gasteiger partial charge is 0.481 e. The second kappa shape index (κ2) is 10.1. The molecule has 0 radical (unpaired) electrons. The fourth-order valence-corrected chi connectivity index (χ4v) is 6.91. The molecule has 208 valence electrons. The summed E-state index contributed by atoms with van der Waals surface area (Å²) < 4.78 is 7.94. The molecule has 2 bridgehead atoms. The highest BCUT2D eigenvalue weighted by Gasteiger charge is 2.75. The minimum Gasteiger partial charge on any atom is -0.481 e. The number of benzene rings is 2. The van der Waals surface area contributed by atoms with Crippen LogP contribution < -0.4 is 0 Å². The van der Waals surface area contributed by atoms with Crippen molar-refractivity contribution in [3.8, 4) is 0 Å². The van der Waals surface area contributed by atoms with Gasteiger partial charge in [0, 0.05) is 6.54 Å². The van der Waals surface area contributed by atoms with Gasteiger partial charge in [-0.15, -0.1) is 11.7 Å². The number of aliphatic hydroxyl groups excluding tert-OH is 1. The Morgan fingerprint density at radius 3 is 2.67 bits per heavy atom. The molecule has 4 heterocycles. The molecule has 11 nitrogen and oxygen atoms in total. The van der Waals surface area contributed by atoms with Gasteiger partial charge in [-0.2, -0.15) is 0 Å². The molecular weight excluding hydrogens is 514 g/mol. The highest BCUT2D eigenvalue weighted by molar-refractivity contribution is 5.98. The number of carboxylic acids is 1. The van der Waals surface area contributed by atoms with Crippen LogP contribution in [-0.4, -0.2) is 89.7 Å². The molecule has 0 aliphatic carbocycles. The van der Waals surface area contributed by atoms with Crippen molar-refractivity contribution < 1.29 is 29.3 Å². The molecule has 3 saturated heterocycles. The zero-order chi connectivity index (χ0) is 28.0. The van der Waals surface area contributed by atoms with Gasteiger partial charge in [0.25, 0.3) is 0 Å². The number of carbonyl (C=O) groups excluding carboxylic acids is 2. The molecule has 3 fully saturated rings. The molecular formula is C29H31N5O6. The summed E-state index contributed by atoms with van der Waals surface area (Å²) in [6.45, 7) is 3.62. The van der Waals surface area contributed by atoms with Gasteiger partial charge >= 0.3 is 5.97 Å². The van der Waals surface area contributed by atoms with E-state index in [0.29, 0.717) is 24.8 Å². The smallest absolute Gasteiger partial charge is 0.310 e. The van der Waals surface area contributed by atoms with Crippen LogP contribution in [0, 0.1) is 11.8 Å². The zero-order valence-corrected chi connectivity index (χ0v) is 21.9. The van der Waals surface area contributed by atoms with Crippen molar-refractivity contribution in [2.75, 3.05) is 13.2 Å². The average Bonchev–Trinajstić information content (AvgIpc) is 3.71. The number of nitrogens with zero attached hydrogens (tertiary/aromatic N) is 5. The molecule has 6 atom stereocenters. The van der Waals surface area contributed by atoms with Gasteiger partial charge in [-0.3, -0.25) is 14.4 Å². The molecule has 1 aromatic heterocycles. The number of para-hydroxylation sites is 1. The normalized spacial score (nSPS) is 27.6. The summed E-state index contributed by atoms with van der Waals surface area (Å²) in [4.78, 5) is 43.9. The number of aromatic nitrogens is 3. The number of carboxylic acid groups (broad SMARTS) is 1. The number of amides is 2. The Hall–Kier alpha value is -4.09. The third kappa shape index (κ3) is 3.99. The Morgan fingerprint density at radius 1 is 1.20 bits per heavy atom. The van der Waals surface area contributed by atoms with E-state index >= 15 is 0 Å². The number of likely N-dealkylation sites (tertiary alicyclic amines) is 1. The van der Waals surface area contributed by atoms with Crippen molar-refractivity contribution in [1.29, 1.82) is 0 Å². The molecule has 1 spiro atoms. The molecule has 2 aromatic carbocycles. The molecule has 40 heavy (non-hydrogen) atoms. The first-order valence-corrected chi connectivity index (χ1v) is 13.4. The number of rotatable bonds is 10. The number of carbonyl (C=O) groups is 3. The van der Waals surface area contributed by atoms with E-state index < -0.39 is 60.0 Å². The van der Waals surface area contributed by atoms with Crippen LogP contribution in [-0.2, 0) is 32.2 Å². The second-order valence-electron chi connectivity index (χ2n) is 10.7. The van der Waals surface area contributed by atoms with E-state index in [0.717, 1.165) is 11.1 Å². The Labute approximate surface area is 230 Å². The molecule has 3 aliphatic rings. The summed E-state index contributed by atoms with van der Waals surface area (Å²) in [7, 11) is 0. The Morgan fingerprint density at radius 2 is 1.95 bits per heavy atom. The fourth-order valence-electron chi connectivity index (χ4n) is 6.91. The van der Waals surface area contributed by atoms with Crippen LogP contribution in [0.4, 0.5) is 0 Å². The minimum absolute atomic E-state index is 0.0406. The third-order valence-corrected chi connectivity index (χ3v) is 8.56. The van der Waals surface area contributed by atoms with Gasteiger partial charge < -0.3 is 24.7 Å². The topological polar surface area (TPSA) is 138 Å². The van der Waals surface area contributed by atoms with E-state index in [4.69, 9.17) is 4.74 Å². The molecule has 3 aliphatic heterocycles. The van der Waals surface area contributed by atoms with Crippen LogP contribution in [0.3, 0.4) is 0 Å². The van der Waals surface area contributed by atoms with Crippen molar-refractivity contribution in [2.45, 2.75) is 49.7 Å². The maximum atomic E-state index is 14.5. The first kappa shape index (κ1) is 26.1. The van der Waals surface area contributed by atoms with Crippen LogP contribution in [0.2, 0.25) is 0 Å². The highest BCUT2D eigenvalue weighted by Crippen LogP contribution is 2.59. The summed E-state index contributed by atoms with van der Waals surface area (Å²) in [6.07, 6.45) is 2.07. The average molecular weight is 546 g/mol. The van der Waals surface area contributed by atoms with Crippen LogP contribution >= 0.6 is 0 Å². The second-order valence-corrected chi connectivity index (χ2v) is 10.7. The summed E-state index contributed by atoms with van der Waals surface area (Å²) in [5, 5.41) is 29.0. The first-order chi connectivity index (χ1) is 19.4. The molecule has 11 heteroatoms. The van der Waals surface area contributed by atoms with E-state index in [-0.39, 0.29) is 13.2 Å². The van der Waals surface area contributed by atoms with E-state index in [1.165, 1.54) is 9.80 Å². The van der Waals surface area contributed by atoms with E-state index in [1.54, 1.807) is 10.8 Å². The van der Waals surface area contributed by atoms with Crippen molar-refractivity contribution in [3.05, 3.63) is 72.8 Å². The Kier molecular flexibility index (Phi) is 6.63. The summed E-state index contributed by atoms with van der Waals surface area (Å²) in [5.74, 6) is -4.05. The van der Waals surface area contributed by atoms with Crippen molar-refractivity contribution in [3.63, 3.8) is 0 Å². The predicted molar refractivity (Wildman–Crippen MR) is 143 cm³/mol. The maximum Gasteiger partial charge on any atom is 0.310 e. The van der Waals surface area contributed by atoms with Crippen molar-refractivity contribution in [1.82, 2.24) is 24.8 Å². The number of hydrogen-bond acceptors (Lipinski definition) is 7.